The van der Waals surface area contributed by atoms with Crippen LogP contribution in [-0.2, 0) is 0 Å². The molecule has 0 aliphatic heterocycles. The van der Waals surface area contributed by atoms with E-state index >= 15 is 0 Å². The lowest BCUT2D eigenvalue weighted by Gasteiger charge is -2.18. The fraction of sp³-hybridized carbons (Fsp3) is 0.235. The molecule has 0 radical (unpaired) electrons. The third-order valence-corrected chi connectivity index (χ3v) is 3.62. The fourth-order valence-corrected chi connectivity index (χ4v) is 2.33. The van der Waals surface area contributed by atoms with E-state index in [0.29, 0.717) is 24.3 Å². The van der Waals surface area contributed by atoms with Crippen molar-refractivity contribution in [3.8, 4) is 0 Å². The number of amides is 2. The molecule has 1 heterocycles. The van der Waals surface area contributed by atoms with E-state index in [2.05, 4.69) is 10.6 Å². The first-order valence-corrected chi connectivity index (χ1v) is 8.01. The molecule has 7 heteroatoms. The molecule has 0 spiro atoms. The van der Waals surface area contributed by atoms with Crippen molar-refractivity contribution in [1.82, 2.24) is 10.2 Å². The van der Waals surface area contributed by atoms with Crippen LogP contribution in [0.2, 0.25) is 0 Å². The normalized spacial score (nSPS) is 10.1. The molecule has 0 saturated carbocycles. The summed E-state index contributed by atoms with van der Waals surface area (Å²) in [4.78, 5) is 25.8. The van der Waals surface area contributed by atoms with E-state index in [-0.39, 0.29) is 16.8 Å². The molecule has 6 nitrogen and oxygen atoms in total. The number of carbonyl (C=O) groups excluding carboxylic acids is 2. The first-order chi connectivity index (χ1) is 11.5. The highest BCUT2D eigenvalue weighted by atomic mass is 32.1. The summed E-state index contributed by atoms with van der Waals surface area (Å²) in [5.74, 6) is -0.259. The van der Waals surface area contributed by atoms with Crippen LogP contribution in [0.25, 0.3) is 0 Å². The molecule has 126 valence electrons. The first kappa shape index (κ1) is 17.7. The van der Waals surface area contributed by atoms with Gasteiger partial charge >= 0.3 is 0 Å². The van der Waals surface area contributed by atoms with Gasteiger partial charge in [0.2, 0.25) is 0 Å². The summed E-state index contributed by atoms with van der Waals surface area (Å²) < 4.78 is 4.99. The number of nitrogens with zero attached hydrogens (tertiary/aromatic N) is 1. The summed E-state index contributed by atoms with van der Waals surface area (Å²) in [6.45, 7) is 5.21. The van der Waals surface area contributed by atoms with Gasteiger partial charge in [-0.25, -0.2) is 0 Å². The number of hydrogen-bond donors (Lipinski definition) is 2. The van der Waals surface area contributed by atoms with Crippen LogP contribution in [0.4, 0.5) is 5.69 Å². The highest BCUT2D eigenvalue weighted by Gasteiger charge is 2.13. The van der Waals surface area contributed by atoms with E-state index in [0.717, 1.165) is 0 Å². The van der Waals surface area contributed by atoms with Crippen LogP contribution in [-0.4, -0.2) is 34.9 Å². The molecule has 2 aromatic rings. The third kappa shape index (κ3) is 4.42. The molecule has 0 unspecified atom stereocenters. The first-order valence-electron chi connectivity index (χ1n) is 7.60. The smallest absolute Gasteiger partial charge is 0.293 e. The highest BCUT2D eigenvalue weighted by molar-refractivity contribution is 7.80. The van der Waals surface area contributed by atoms with E-state index in [9.17, 15) is 9.59 Å². The van der Waals surface area contributed by atoms with E-state index in [1.165, 1.54) is 6.26 Å². The largest absolute Gasteiger partial charge is 0.459 e. The Morgan fingerprint density at radius 3 is 2.33 bits per heavy atom. The van der Waals surface area contributed by atoms with Crippen molar-refractivity contribution in [1.29, 1.82) is 0 Å². The Labute approximate surface area is 145 Å². The Morgan fingerprint density at radius 2 is 1.79 bits per heavy atom. The Bertz CT molecular complexity index is 707. The monoisotopic (exact) mass is 345 g/mol. The van der Waals surface area contributed by atoms with Crippen molar-refractivity contribution >= 4 is 34.8 Å². The van der Waals surface area contributed by atoms with Crippen LogP contribution in [0.3, 0.4) is 0 Å². The van der Waals surface area contributed by atoms with Crippen molar-refractivity contribution in [2.75, 3.05) is 18.4 Å². The number of anilines is 1. The van der Waals surface area contributed by atoms with Crippen LogP contribution >= 0.6 is 12.2 Å². The van der Waals surface area contributed by atoms with Gasteiger partial charge in [-0.1, -0.05) is 0 Å². The van der Waals surface area contributed by atoms with Gasteiger partial charge in [-0.3, -0.25) is 14.9 Å². The van der Waals surface area contributed by atoms with Crippen LogP contribution < -0.4 is 10.6 Å². The summed E-state index contributed by atoms with van der Waals surface area (Å²) in [5.41, 5.74) is 1.28. The summed E-state index contributed by atoms with van der Waals surface area (Å²) in [6.07, 6.45) is 1.41. The average Bonchev–Trinajstić information content (AvgIpc) is 3.11. The Kier molecular flexibility index (Phi) is 6.08. The van der Waals surface area contributed by atoms with Gasteiger partial charge in [0.05, 0.1) is 6.26 Å². The number of rotatable bonds is 5. The molecular formula is C17H19N3O3S. The molecular weight excluding hydrogens is 326 g/mol. The zero-order chi connectivity index (χ0) is 17.5. The number of carbonyl (C=O) groups is 2. The van der Waals surface area contributed by atoms with E-state index in [4.69, 9.17) is 16.6 Å². The molecule has 2 N–H and O–H groups in total. The van der Waals surface area contributed by atoms with E-state index in [1.54, 1.807) is 41.3 Å². The Morgan fingerprint density at radius 1 is 1.12 bits per heavy atom. The molecule has 1 aromatic carbocycles. The fourth-order valence-electron chi connectivity index (χ4n) is 2.12. The minimum absolute atomic E-state index is 0.0137. The molecule has 0 aliphatic carbocycles. The van der Waals surface area contributed by atoms with Crippen molar-refractivity contribution in [2.24, 2.45) is 0 Å². The summed E-state index contributed by atoms with van der Waals surface area (Å²) in [5, 5.41) is 5.56. The lowest BCUT2D eigenvalue weighted by Crippen LogP contribution is -2.34. The maximum absolute atomic E-state index is 12.2. The van der Waals surface area contributed by atoms with Gasteiger partial charge in [0.25, 0.3) is 11.8 Å². The summed E-state index contributed by atoms with van der Waals surface area (Å²) in [7, 11) is 0. The average molecular weight is 345 g/mol. The van der Waals surface area contributed by atoms with Gasteiger partial charge in [0, 0.05) is 24.3 Å². The molecule has 2 amide bonds. The second kappa shape index (κ2) is 8.26. The van der Waals surface area contributed by atoms with E-state index in [1.807, 2.05) is 13.8 Å². The van der Waals surface area contributed by atoms with E-state index < -0.39 is 5.91 Å². The number of thiocarbonyl (C=S) groups is 1. The maximum atomic E-state index is 12.2. The molecule has 0 saturated heterocycles. The highest BCUT2D eigenvalue weighted by Crippen LogP contribution is 2.12. The van der Waals surface area contributed by atoms with Gasteiger partial charge in [-0.05, 0) is 62.5 Å². The van der Waals surface area contributed by atoms with Crippen LogP contribution in [0.5, 0.6) is 0 Å². The summed E-state index contributed by atoms with van der Waals surface area (Å²) >= 11 is 5.09. The molecule has 0 atom stereocenters. The molecule has 0 bridgehead atoms. The van der Waals surface area contributed by atoms with Gasteiger partial charge in [-0.15, -0.1) is 0 Å². The second-order valence-electron chi connectivity index (χ2n) is 4.94. The zero-order valence-corrected chi connectivity index (χ0v) is 14.4. The van der Waals surface area contributed by atoms with Crippen molar-refractivity contribution in [3.63, 3.8) is 0 Å². The molecule has 1 aromatic heterocycles. The number of furan rings is 1. The van der Waals surface area contributed by atoms with Gasteiger partial charge in [0.15, 0.2) is 10.9 Å². The Hall–Kier alpha value is -2.67. The molecule has 0 fully saturated rings. The Balaban J connectivity index is 1.95. The van der Waals surface area contributed by atoms with Crippen molar-refractivity contribution in [2.45, 2.75) is 13.8 Å². The maximum Gasteiger partial charge on any atom is 0.293 e. The molecule has 0 aliphatic rings. The summed E-state index contributed by atoms with van der Waals surface area (Å²) in [6, 6.07) is 10.1. The predicted molar refractivity (Wildman–Crippen MR) is 96.1 cm³/mol. The molecule has 24 heavy (non-hydrogen) atoms. The topological polar surface area (TPSA) is 74.6 Å². The number of nitrogens with one attached hydrogen (secondary N) is 2. The zero-order valence-electron chi connectivity index (χ0n) is 13.5. The second-order valence-corrected chi connectivity index (χ2v) is 5.35. The molecule has 2 rings (SSSR count). The van der Waals surface area contributed by atoms with Crippen LogP contribution in [0.15, 0.2) is 47.1 Å². The van der Waals surface area contributed by atoms with Gasteiger partial charge in [-0.2, -0.15) is 0 Å². The third-order valence-electron chi connectivity index (χ3n) is 3.41. The van der Waals surface area contributed by atoms with Crippen LogP contribution in [0, 0.1) is 0 Å². The minimum Gasteiger partial charge on any atom is -0.459 e. The van der Waals surface area contributed by atoms with Crippen molar-refractivity contribution < 1.29 is 14.0 Å². The van der Waals surface area contributed by atoms with Crippen LogP contribution in [0.1, 0.15) is 34.8 Å². The van der Waals surface area contributed by atoms with Gasteiger partial charge in [0.1, 0.15) is 0 Å². The SMILES string of the molecule is CCN(CC)C(=O)c1ccc(NC(=S)NC(=O)c2ccco2)cc1. The van der Waals surface area contributed by atoms with Crippen molar-refractivity contribution in [3.05, 3.63) is 54.0 Å². The van der Waals surface area contributed by atoms with Gasteiger partial charge < -0.3 is 14.6 Å². The minimum atomic E-state index is -0.425. The predicted octanol–water partition coefficient (Wildman–Crippen LogP) is 2.89. The lowest BCUT2D eigenvalue weighted by molar-refractivity contribution is 0.0772. The lowest BCUT2D eigenvalue weighted by atomic mass is 10.2. The standard InChI is InChI=1S/C17H19N3O3S/c1-3-20(4-2)16(22)12-7-9-13(10-8-12)18-17(24)19-15(21)14-6-5-11-23-14/h5-11H,3-4H2,1-2H3,(H2,18,19,21,24). The number of benzene rings is 1. The number of hydrogen-bond acceptors (Lipinski definition) is 4. The quantitative estimate of drug-likeness (QED) is 0.815.